The van der Waals surface area contributed by atoms with Gasteiger partial charge in [-0.25, -0.2) is 0 Å². The van der Waals surface area contributed by atoms with Gasteiger partial charge in [0.2, 0.25) is 0 Å². The van der Waals surface area contributed by atoms with Crippen molar-refractivity contribution in [2.75, 3.05) is 0 Å². The van der Waals surface area contributed by atoms with E-state index in [1.54, 1.807) is 0 Å². The second-order valence-corrected chi connectivity index (χ2v) is 29.1. The van der Waals surface area contributed by atoms with Gasteiger partial charge in [0.15, 0.2) is 16.1 Å². The molecule has 0 saturated carbocycles. The number of rotatable bonds is 13. The minimum Gasteiger partial charge on any atom is -0.0623 e. The quantitative estimate of drug-likeness (QED) is 0.0797. The third kappa shape index (κ3) is 8.87. The standard InChI is InChI=1S/C79H58Si2/c1-8-26-58(27-9-1)61-44-48-71(49-45-61)80(67-32-14-4-15-33-67,68-34-16-5-17-35-68)73-55-65(64-52-63(60-30-12-3-13-31-60)53-66(54-64)79-77-42-24-22-40-75(77)76-41-23-25-43-78(76)79)56-74(57-73)81(69-36-18-6-19-37-69,70-38-20-7-21-39-70)72-50-46-62(47-51-72)59-28-10-2-11-29-59/h1-57,79H. The molecule has 382 valence electrons. The van der Waals surface area contributed by atoms with Gasteiger partial charge < -0.3 is 0 Å². The molecule has 0 heterocycles. The normalized spacial score (nSPS) is 12.1. The van der Waals surface area contributed by atoms with Gasteiger partial charge in [-0.3, -0.25) is 0 Å². The highest BCUT2D eigenvalue weighted by Crippen LogP contribution is 2.49. The van der Waals surface area contributed by atoms with Crippen LogP contribution in [-0.2, 0) is 0 Å². The zero-order valence-electron chi connectivity index (χ0n) is 45.0. The van der Waals surface area contributed by atoms with Crippen LogP contribution in [0.15, 0.2) is 346 Å². The molecule has 0 fully saturated rings. The molecule has 81 heavy (non-hydrogen) atoms. The molecular formula is C79H58Si2. The number of fused-ring (bicyclic) bond motifs is 3. The predicted molar refractivity (Wildman–Crippen MR) is 348 cm³/mol. The van der Waals surface area contributed by atoms with Crippen LogP contribution in [0.5, 0.6) is 0 Å². The molecule has 13 aromatic rings. The second-order valence-electron chi connectivity index (χ2n) is 21.5. The highest BCUT2D eigenvalue weighted by molar-refractivity contribution is 7.22. The van der Waals surface area contributed by atoms with Gasteiger partial charge in [-0.2, -0.15) is 0 Å². The summed E-state index contributed by atoms with van der Waals surface area (Å²) in [5, 5.41) is 10.7. The van der Waals surface area contributed by atoms with Gasteiger partial charge in [-0.05, 0) is 120 Å². The summed E-state index contributed by atoms with van der Waals surface area (Å²) in [6.45, 7) is 0. The van der Waals surface area contributed by atoms with Gasteiger partial charge in [-0.15, -0.1) is 0 Å². The minimum absolute atomic E-state index is 0.0536. The average Bonchev–Trinajstić information content (AvgIpc) is 3.91. The van der Waals surface area contributed by atoms with Crippen LogP contribution >= 0.6 is 0 Å². The molecule has 0 atom stereocenters. The van der Waals surface area contributed by atoms with Crippen LogP contribution in [0, 0.1) is 0 Å². The molecule has 0 amide bonds. The SMILES string of the molecule is c1ccc(-c2ccc([Si](c3ccccc3)(c3ccccc3)c3cc(-c4cc(-c5ccccc5)cc(C5c6ccccc6-c6ccccc65)c4)cc([Si](c4ccccc4)(c4ccccc4)c4ccc(-c5ccccc5)cc4)c3)cc2)cc1. The van der Waals surface area contributed by atoms with E-state index in [9.17, 15) is 0 Å². The van der Waals surface area contributed by atoms with Crippen LogP contribution < -0.4 is 41.5 Å². The maximum Gasteiger partial charge on any atom is 0.179 e. The molecule has 13 aromatic carbocycles. The molecule has 0 unspecified atom stereocenters. The van der Waals surface area contributed by atoms with Crippen molar-refractivity contribution in [2.45, 2.75) is 5.92 Å². The fourth-order valence-electron chi connectivity index (χ4n) is 13.4. The highest BCUT2D eigenvalue weighted by Gasteiger charge is 2.46. The van der Waals surface area contributed by atoms with Crippen molar-refractivity contribution in [3.63, 3.8) is 0 Å². The van der Waals surface area contributed by atoms with E-state index >= 15 is 0 Å². The first-order chi connectivity index (χ1) is 40.2. The Kier molecular flexibility index (Phi) is 13.2. The molecule has 1 aliphatic rings. The first kappa shape index (κ1) is 49.6. The van der Waals surface area contributed by atoms with Gasteiger partial charge in [-0.1, -0.05) is 340 Å². The lowest BCUT2D eigenvalue weighted by Gasteiger charge is -2.38. The van der Waals surface area contributed by atoms with Crippen LogP contribution in [0.2, 0.25) is 0 Å². The summed E-state index contributed by atoms with van der Waals surface area (Å²) in [5.41, 5.74) is 16.2. The maximum absolute atomic E-state index is 3.24. The van der Waals surface area contributed by atoms with E-state index in [1.807, 2.05) is 0 Å². The summed E-state index contributed by atoms with van der Waals surface area (Å²) in [7, 11) is -6.49. The Hall–Kier alpha value is -9.71. The zero-order valence-corrected chi connectivity index (χ0v) is 47.0. The van der Waals surface area contributed by atoms with Gasteiger partial charge >= 0.3 is 0 Å². The third-order valence-electron chi connectivity index (χ3n) is 17.0. The van der Waals surface area contributed by atoms with Crippen molar-refractivity contribution in [3.05, 3.63) is 362 Å². The average molecular weight is 1060 g/mol. The lowest BCUT2D eigenvalue weighted by Crippen LogP contribution is -2.78. The van der Waals surface area contributed by atoms with Gasteiger partial charge in [0.25, 0.3) is 0 Å². The Balaban J connectivity index is 1.12. The monoisotopic (exact) mass is 1060 g/mol. The molecule has 0 spiro atoms. The highest BCUT2D eigenvalue weighted by atomic mass is 28.3. The lowest BCUT2D eigenvalue weighted by atomic mass is 9.85. The molecule has 0 nitrogen and oxygen atoms in total. The topological polar surface area (TPSA) is 0 Å². The summed E-state index contributed by atoms with van der Waals surface area (Å²) in [5.74, 6) is 0.0536. The fourth-order valence-corrected chi connectivity index (χ4v) is 23.1. The van der Waals surface area contributed by atoms with E-state index < -0.39 is 16.1 Å². The maximum atomic E-state index is 2.68. The Morgan fingerprint density at radius 3 is 0.790 bits per heavy atom. The van der Waals surface area contributed by atoms with Crippen molar-refractivity contribution in [1.29, 1.82) is 0 Å². The van der Waals surface area contributed by atoms with Crippen LogP contribution in [0.25, 0.3) is 55.6 Å². The van der Waals surface area contributed by atoms with E-state index in [4.69, 9.17) is 0 Å². The molecule has 0 bridgehead atoms. The van der Waals surface area contributed by atoms with Crippen LogP contribution in [-0.4, -0.2) is 16.1 Å². The molecule has 0 radical (unpaired) electrons. The minimum atomic E-state index is -3.24. The van der Waals surface area contributed by atoms with Crippen LogP contribution in [0.3, 0.4) is 0 Å². The largest absolute Gasteiger partial charge is 0.179 e. The summed E-state index contributed by atoms with van der Waals surface area (Å²) in [4.78, 5) is 0. The van der Waals surface area contributed by atoms with Gasteiger partial charge in [0.1, 0.15) is 0 Å². The van der Waals surface area contributed by atoms with Gasteiger partial charge in [0.05, 0.1) is 0 Å². The lowest BCUT2D eigenvalue weighted by molar-refractivity contribution is 1.02. The van der Waals surface area contributed by atoms with E-state index in [0.717, 1.165) is 0 Å². The zero-order chi connectivity index (χ0) is 54.0. The summed E-state index contributed by atoms with van der Waals surface area (Å²) >= 11 is 0. The van der Waals surface area contributed by atoms with Crippen molar-refractivity contribution < 1.29 is 0 Å². The summed E-state index contributed by atoms with van der Waals surface area (Å²) in [6, 6.07) is 131. The predicted octanol–water partition coefficient (Wildman–Crippen LogP) is 14.3. The van der Waals surface area contributed by atoms with E-state index in [0.29, 0.717) is 0 Å². The molecule has 2 heteroatoms. The van der Waals surface area contributed by atoms with Crippen molar-refractivity contribution >= 4 is 57.6 Å². The van der Waals surface area contributed by atoms with Crippen LogP contribution in [0.1, 0.15) is 22.6 Å². The van der Waals surface area contributed by atoms with E-state index in [-0.39, 0.29) is 5.92 Å². The van der Waals surface area contributed by atoms with Crippen molar-refractivity contribution in [1.82, 2.24) is 0 Å². The summed E-state index contributed by atoms with van der Waals surface area (Å²) < 4.78 is 0. The number of benzene rings is 13. The number of hydrogen-bond acceptors (Lipinski definition) is 0. The molecule has 0 saturated heterocycles. The van der Waals surface area contributed by atoms with Crippen molar-refractivity contribution in [3.8, 4) is 55.6 Å². The fraction of sp³-hybridized carbons (Fsp3) is 0.0127. The van der Waals surface area contributed by atoms with E-state index in [1.165, 1.54) is 114 Å². The van der Waals surface area contributed by atoms with Gasteiger partial charge in [0, 0.05) is 5.92 Å². The Morgan fingerprint density at radius 2 is 0.432 bits per heavy atom. The third-order valence-corrected chi connectivity index (χ3v) is 26.5. The molecular weight excluding hydrogens is 1010 g/mol. The molecule has 0 aromatic heterocycles. The van der Waals surface area contributed by atoms with Crippen molar-refractivity contribution in [2.24, 2.45) is 0 Å². The smallest absolute Gasteiger partial charge is 0.0623 e. The second kappa shape index (κ2) is 21.5. The molecule has 0 aliphatic heterocycles. The van der Waals surface area contributed by atoms with Crippen LogP contribution in [0.4, 0.5) is 0 Å². The Bertz CT molecular complexity index is 3970. The van der Waals surface area contributed by atoms with E-state index in [2.05, 4.69) is 346 Å². The first-order valence-corrected chi connectivity index (χ1v) is 32.3. The molecule has 1 aliphatic carbocycles. The summed E-state index contributed by atoms with van der Waals surface area (Å²) in [6.07, 6.45) is 0. The first-order valence-electron chi connectivity index (χ1n) is 28.3. The Morgan fingerprint density at radius 1 is 0.173 bits per heavy atom. The molecule has 0 N–H and O–H groups in total. The molecule has 14 rings (SSSR count). The Labute approximate surface area is 478 Å². The number of hydrogen-bond donors (Lipinski definition) is 0.